The van der Waals surface area contributed by atoms with Crippen molar-refractivity contribution >= 4 is 16.3 Å². The first-order valence-corrected chi connectivity index (χ1v) is 7.23. The molecule has 4 aromatic rings. The summed E-state index contributed by atoms with van der Waals surface area (Å²) in [5, 5.41) is 13.9. The van der Waals surface area contributed by atoms with Crippen LogP contribution in [-0.2, 0) is 6.42 Å². The maximum atomic E-state index is 4.59. The van der Waals surface area contributed by atoms with Gasteiger partial charge >= 0.3 is 0 Å². The minimum atomic E-state index is 0.619. The molecule has 0 aliphatic carbocycles. The first-order valence-electron chi connectivity index (χ1n) is 6.41. The summed E-state index contributed by atoms with van der Waals surface area (Å²) in [6.07, 6.45) is 5.71. The number of fused-ring (bicyclic) bond motifs is 1. The van der Waals surface area contributed by atoms with Crippen molar-refractivity contribution in [2.75, 3.05) is 0 Å². The van der Waals surface area contributed by atoms with E-state index in [2.05, 4.69) is 37.4 Å². The summed E-state index contributed by atoms with van der Waals surface area (Å²) in [5.74, 6) is 0.619. The molecule has 0 saturated carbocycles. The summed E-state index contributed by atoms with van der Waals surface area (Å²) in [4.78, 5) is 9.06. The molecule has 3 heterocycles. The minimum absolute atomic E-state index is 0.619. The van der Waals surface area contributed by atoms with Gasteiger partial charge in [0, 0.05) is 18.8 Å². The van der Waals surface area contributed by atoms with Gasteiger partial charge in [-0.15, -0.1) is 10.2 Å². The van der Waals surface area contributed by atoms with Gasteiger partial charge in [-0.25, -0.2) is 4.98 Å². The topological polar surface area (TPSA) is 68.9 Å². The van der Waals surface area contributed by atoms with E-state index in [4.69, 9.17) is 0 Å². The van der Waals surface area contributed by atoms with Crippen LogP contribution in [0, 0.1) is 0 Å². The number of rotatable bonds is 3. The fourth-order valence-electron chi connectivity index (χ4n) is 2.07. The highest BCUT2D eigenvalue weighted by Crippen LogP contribution is 2.21. The molecule has 0 aliphatic heterocycles. The van der Waals surface area contributed by atoms with Crippen LogP contribution in [0.5, 0.6) is 0 Å². The number of nitrogens with zero attached hydrogens (tertiary/aromatic N) is 6. The van der Waals surface area contributed by atoms with Gasteiger partial charge in [-0.1, -0.05) is 41.7 Å². The molecular weight excluding hydrogens is 284 g/mol. The standard InChI is InChI=1S/C14H10N6S/c1-2-4-10(5-3-1)8-12-19-20-13(17-18-14(20)21-12)11-9-15-6-7-16-11/h1-7,9H,8H2. The lowest BCUT2D eigenvalue weighted by Gasteiger charge is -1.96. The average Bonchev–Trinajstić information content (AvgIpc) is 3.09. The van der Waals surface area contributed by atoms with Gasteiger partial charge in [0.1, 0.15) is 10.7 Å². The van der Waals surface area contributed by atoms with Gasteiger partial charge in [0.05, 0.1) is 6.20 Å². The van der Waals surface area contributed by atoms with Crippen LogP contribution in [0.3, 0.4) is 0 Å². The second kappa shape index (κ2) is 5.02. The number of aromatic nitrogens is 6. The normalized spacial score (nSPS) is 11.0. The smallest absolute Gasteiger partial charge is 0.235 e. The summed E-state index contributed by atoms with van der Waals surface area (Å²) < 4.78 is 1.73. The van der Waals surface area contributed by atoms with Crippen LogP contribution in [0.25, 0.3) is 16.5 Å². The highest BCUT2D eigenvalue weighted by molar-refractivity contribution is 7.16. The summed E-state index contributed by atoms with van der Waals surface area (Å²) in [6, 6.07) is 10.2. The Morgan fingerprint density at radius 2 is 1.95 bits per heavy atom. The van der Waals surface area contributed by atoms with E-state index < -0.39 is 0 Å². The lowest BCUT2D eigenvalue weighted by atomic mass is 10.2. The SMILES string of the molecule is c1ccc(Cc2nn3c(-c4cnccn4)nnc3s2)cc1. The minimum Gasteiger partial charge on any atom is -0.261 e. The number of benzene rings is 1. The number of hydrogen-bond donors (Lipinski definition) is 0. The molecule has 0 bridgehead atoms. The molecule has 0 fully saturated rings. The fourth-order valence-corrected chi connectivity index (χ4v) is 2.94. The molecule has 0 radical (unpaired) electrons. The molecule has 3 aromatic heterocycles. The molecule has 0 aliphatic rings. The lowest BCUT2D eigenvalue weighted by molar-refractivity contribution is 0.910. The first-order chi connectivity index (χ1) is 10.4. The largest absolute Gasteiger partial charge is 0.261 e. The molecule has 0 N–H and O–H groups in total. The van der Waals surface area contributed by atoms with Gasteiger partial charge in [0.15, 0.2) is 0 Å². The molecule has 0 unspecified atom stereocenters. The van der Waals surface area contributed by atoms with E-state index in [0.29, 0.717) is 11.5 Å². The zero-order valence-electron chi connectivity index (χ0n) is 10.9. The second-order valence-electron chi connectivity index (χ2n) is 4.47. The zero-order chi connectivity index (χ0) is 14.1. The highest BCUT2D eigenvalue weighted by atomic mass is 32.1. The van der Waals surface area contributed by atoms with Crippen LogP contribution in [0.4, 0.5) is 0 Å². The van der Waals surface area contributed by atoms with Crippen molar-refractivity contribution in [3.63, 3.8) is 0 Å². The van der Waals surface area contributed by atoms with Crippen LogP contribution >= 0.6 is 11.3 Å². The molecule has 0 saturated heterocycles. The first kappa shape index (κ1) is 12.1. The summed E-state index contributed by atoms with van der Waals surface area (Å²) >= 11 is 1.54. The monoisotopic (exact) mass is 294 g/mol. The van der Waals surface area contributed by atoms with Crippen LogP contribution in [0.15, 0.2) is 48.9 Å². The maximum Gasteiger partial charge on any atom is 0.235 e. The van der Waals surface area contributed by atoms with Gasteiger partial charge in [-0.3, -0.25) is 4.98 Å². The molecule has 6 nitrogen and oxygen atoms in total. The third-order valence-corrected chi connectivity index (χ3v) is 3.92. The van der Waals surface area contributed by atoms with Crippen LogP contribution < -0.4 is 0 Å². The summed E-state index contributed by atoms with van der Waals surface area (Å²) in [5.41, 5.74) is 1.89. The van der Waals surface area contributed by atoms with Crippen molar-refractivity contribution in [2.24, 2.45) is 0 Å². The Balaban J connectivity index is 1.73. The molecule has 102 valence electrons. The van der Waals surface area contributed by atoms with Crippen LogP contribution in [0.2, 0.25) is 0 Å². The highest BCUT2D eigenvalue weighted by Gasteiger charge is 2.14. The van der Waals surface area contributed by atoms with Crippen molar-refractivity contribution in [3.8, 4) is 11.5 Å². The summed E-state index contributed by atoms with van der Waals surface area (Å²) in [7, 11) is 0. The third kappa shape index (κ3) is 2.27. The van der Waals surface area contributed by atoms with E-state index in [9.17, 15) is 0 Å². The van der Waals surface area contributed by atoms with E-state index in [0.717, 1.165) is 16.4 Å². The Labute approximate surface area is 124 Å². The van der Waals surface area contributed by atoms with E-state index in [1.54, 1.807) is 23.1 Å². The molecule has 4 rings (SSSR count). The van der Waals surface area contributed by atoms with Crippen molar-refractivity contribution in [2.45, 2.75) is 6.42 Å². The molecule has 0 amide bonds. The lowest BCUT2D eigenvalue weighted by Crippen LogP contribution is -1.95. The van der Waals surface area contributed by atoms with E-state index >= 15 is 0 Å². The fraction of sp³-hybridized carbons (Fsp3) is 0.0714. The number of hydrogen-bond acceptors (Lipinski definition) is 6. The Morgan fingerprint density at radius 3 is 2.76 bits per heavy atom. The Hall–Kier alpha value is -2.67. The molecule has 1 aromatic carbocycles. The van der Waals surface area contributed by atoms with Crippen LogP contribution in [0.1, 0.15) is 10.6 Å². The van der Waals surface area contributed by atoms with Gasteiger partial charge in [0.25, 0.3) is 0 Å². The third-order valence-electron chi connectivity index (χ3n) is 3.02. The molecule has 7 heteroatoms. The average molecular weight is 294 g/mol. The summed E-state index contributed by atoms with van der Waals surface area (Å²) in [6.45, 7) is 0. The van der Waals surface area contributed by atoms with Gasteiger partial charge < -0.3 is 0 Å². The van der Waals surface area contributed by atoms with Gasteiger partial charge in [-0.2, -0.15) is 9.61 Å². The van der Waals surface area contributed by atoms with Crippen LogP contribution in [-0.4, -0.2) is 29.8 Å². The quantitative estimate of drug-likeness (QED) is 0.579. The molecule has 0 atom stereocenters. The van der Waals surface area contributed by atoms with Crippen molar-refractivity contribution < 1.29 is 0 Å². The van der Waals surface area contributed by atoms with Crippen molar-refractivity contribution in [3.05, 3.63) is 59.5 Å². The zero-order valence-corrected chi connectivity index (χ0v) is 11.7. The Bertz CT molecular complexity index is 868. The molecule has 21 heavy (non-hydrogen) atoms. The van der Waals surface area contributed by atoms with E-state index in [1.807, 2.05) is 18.2 Å². The van der Waals surface area contributed by atoms with Crippen molar-refractivity contribution in [1.29, 1.82) is 0 Å². The van der Waals surface area contributed by atoms with Gasteiger partial charge in [-0.05, 0) is 5.56 Å². The van der Waals surface area contributed by atoms with E-state index in [1.165, 1.54) is 16.9 Å². The Morgan fingerprint density at radius 1 is 1.05 bits per heavy atom. The predicted octanol–water partition coefficient (Wildman–Crippen LogP) is 2.23. The maximum absolute atomic E-state index is 4.59. The molecule has 0 spiro atoms. The van der Waals surface area contributed by atoms with Gasteiger partial charge in [0.2, 0.25) is 10.8 Å². The predicted molar refractivity (Wildman–Crippen MR) is 78.9 cm³/mol. The molecular formula is C14H10N6S. The van der Waals surface area contributed by atoms with E-state index in [-0.39, 0.29) is 0 Å². The second-order valence-corrected chi connectivity index (χ2v) is 5.51. The van der Waals surface area contributed by atoms with Crippen molar-refractivity contribution in [1.82, 2.24) is 29.8 Å². The Kier molecular flexibility index (Phi) is 2.89.